The van der Waals surface area contributed by atoms with Crippen molar-refractivity contribution in [2.24, 2.45) is 0 Å². The molecule has 0 bridgehead atoms. The van der Waals surface area contributed by atoms with Crippen LogP contribution in [0.25, 0.3) is 0 Å². The van der Waals surface area contributed by atoms with Gasteiger partial charge in [-0.05, 0) is 44.0 Å². The molecule has 1 amide bonds. The van der Waals surface area contributed by atoms with Crippen molar-refractivity contribution in [1.29, 1.82) is 0 Å². The molecule has 6 heteroatoms. The zero-order valence-corrected chi connectivity index (χ0v) is 22.2. The monoisotopic (exact) mass is 524 g/mol. The first-order valence-corrected chi connectivity index (χ1v) is 14.1. The lowest BCUT2D eigenvalue weighted by molar-refractivity contribution is -0.141. The van der Waals surface area contributed by atoms with Crippen LogP contribution in [0.4, 0.5) is 5.69 Å². The summed E-state index contributed by atoms with van der Waals surface area (Å²) in [4.78, 5) is 23.4. The summed E-state index contributed by atoms with van der Waals surface area (Å²) in [6, 6.07) is 7.35. The second kappa shape index (κ2) is 21.0. The van der Waals surface area contributed by atoms with Crippen LogP contribution in [0, 0.1) is 0 Å². The number of rotatable bonds is 21. The molecule has 1 aromatic rings. The van der Waals surface area contributed by atoms with Gasteiger partial charge in [0.15, 0.2) is 0 Å². The van der Waals surface area contributed by atoms with E-state index in [0.29, 0.717) is 12.2 Å². The number of benzene rings is 1. The quantitative estimate of drug-likeness (QED) is 0.101. The van der Waals surface area contributed by atoms with Crippen molar-refractivity contribution >= 4 is 33.5 Å². The Labute approximate surface area is 209 Å². The highest BCUT2D eigenvalue weighted by molar-refractivity contribution is 9.09. The molecule has 0 heterocycles. The molecular formula is C27H45BrN2O3. The minimum Gasteiger partial charge on any atom is -0.465 e. The molecule has 0 aliphatic heterocycles. The number of nitrogens with one attached hydrogen (secondary N) is 2. The number of halogens is 1. The molecule has 1 rings (SSSR count). The molecule has 5 nitrogen and oxygen atoms in total. The van der Waals surface area contributed by atoms with Gasteiger partial charge in [-0.1, -0.05) is 93.0 Å². The second-order valence-electron chi connectivity index (χ2n) is 8.63. The Hall–Kier alpha value is -1.56. The smallest absolute Gasteiger partial charge is 0.325 e. The van der Waals surface area contributed by atoms with Crippen LogP contribution in [0.5, 0.6) is 0 Å². The van der Waals surface area contributed by atoms with E-state index in [0.717, 1.165) is 24.0 Å². The Bertz CT molecular complexity index is 622. The van der Waals surface area contributed by atoms with Crippen molar-refractivity contribution in [2.75, 3.05) is 30.3 Å². The molecule has 0 spiro atoms. The van der Waals surface area contributed by atoms with Gasteiger partial charge in [0.05, 0.1) is 6.61 Å². The lowest BCUT2D eigenvalue weighted by Gasteiger charge is -2.08. The van der Waals surface area contributed by atoms with E-state index in [-0.39, 0.29) is 12.5 Å². The normalized spacial score (nSPS) is 10.7. The molecule has 0 radical (unpaired) electrons. The third-order valence-electron chi connectivity index (χ3n) is 5.74. The Morgan fingerprint density at radius 1 is 0.758 bits per heavy atom. The highest BCUT2D eigenvalue weighted by Crippen LogP contribution is 2.14. The number of anilines is 1. The van der Waals surface area contributed by atoms with Crippen LogP contribution in [0.3, 0.4) is 0 Å². The summed E-state index contributed by atoms with van der Waals surface area (Å²) in [7, 11) is 0. The first-order chi connectivity index (χ1) is 16.2. The van der Waals surface area contributed by atoms with Gasteiger partial charge in [0.2, 0.25) is 0 Å². The molecule has 0 atom stereocenters. The number of esters is 1. The Balaban J connectivity index is 1.94. The first kappa shape index (κ1) is 29.5. The maximum Gasteiger partial charge on any atom is 0.325 e. The van der Waals surface area contributed by atoms with Crippen LogP contribution >= 0.6 is 15.9 Å². The maximum atomic E-state index is 12.0. The van der Waals surface area contributed by atoms with Crippen molar-refractivity contribution in [2.45, 2.75) is 96.8 Å². The van der Waals surface area contributed by atoms with E-state index in [9.17, 15) is 9.59 Å². The standard InChI is InChI=1S/C27H45BrN2O3/c1-2-33-26(31)23-30-27(32)24-17-19-25(20-18-24)29-22-16-14-12-10-8-6-4-3-5-7-9-11-13-15-21-28/h17-20,29H,2-16,21-23H2,1H3,(H,30,32). The fourth-order valence-corrected chi connectivity index (χ4v) is 4.18. The fraction of sp³-hybridized carbons (Fsp3) is 0.704. The lowest BCUT2D eigenvalue weighted by Crippen LogP contribution is -2.30. The molecule has 1 aromatic carbocycles. The summed E-state index contributed by atoms with van der Waals surface area (Å²) in [6.07, 6.45) is 19.0. The molecular weight excluding hydrogens is 480 g/mol. The molecule has 0 aliphatic rings. The van der Waals surface area contributed by atoms with Crippen molar-refractivity contribution in [3.8, 4) is 0 Å². The van der Waals surface area contributed by atoms with Gasteiger partial charge in [-0.2, -0.15) is 0 Å². The summed E-state index contributed by atoms with van der Waals surface area (Å²) in [5, 5.41) is 7.14. The minimum absolute atomic E-state index is 0.106. The largest absolute Gasteiger partial charge is 0.465 e. The summed E-state index contributed by atoms with van der Waals surface area (Å²) in [5.74, 6) is -0.693. The number of carbonyl (C=O) groups is 2. The zero-order valence-electron chi connectivity index (χ0n) is 20.6. The Kier molecular flexibility index (Phi) is 18.8. The highest BCUT2D eigenvalue weighted by atomic mass is 79.9. The van der Waals surface area contributed by atoms with E-state index in [1.165, 1.54) is 83.5 Å². The molecule has 0 aromatic heterocycles. The van der Waals surface area contributed by atoms with Gasteiger partial charge in [-0.3, -0.25) is 9.59 Å². The van der Waals surface area contributed by atoms with Crippen molar-refractivity contribution in [1.82, 2.24) is 5.32 Å². The number of alkyl halides is 1. The van der Waals surface area contributed by atoms with Gasteiger partial charge in [0.25, 0.3) is 5.91 Å². The lowest BCUT2D eigenvalue weighted by atomic mass is 10.0. The van der Waals surface area contributed by atoms with Crippen LogP contribution in [0.15, 0.2) is 24.3 Å². The molecule has 188 valence electrons. The average Bonchev–Trinajstić information content (AvgIpc) is 2.83. The van der Waals surface area contributed by atoms with E-state index in [1.54, 1.807) is 19.1 Å². The highest BCUT2D eigenvalue weighted by Gasteiger charge is 2.08. The van der Waals surface area contributed by atoms with Gasteiger partial charge in [-0.15, -0.1) is 0 Å². The molecule has 0 unspecified atom stereocenters. The van der Waals surface area contributed by atoms with Gasteiger partial charge in [-0.25, -0.2) is 0 Å². The zero-order chi connectivity index (χ0) is 24.0. The SMILES string of the molecule is CCOC(=O)CNC(=O)c1ccc(NCCCCCCCCCCCCCCCCBr)cc1. The third kappa shape index (κ3) is 16.7. The summed E-state index contributed by atoms with van der Waals surface area (Å²) < 4.78 is 4.80. The Morgan fingerprint density at radius 3 is 1.73 bits per heavy atom. The average molecular weight is 526 g/mol. The van der Waals surface area contributed by atoms with Gasteiger partial charge >= 0.3 is 5.97 Å². The molecule has 0 saturated heterocycles. The van der Waals surface area contributed by atoms with Crippen LogP contribution in [0.2, 0.25) is 0 Å². The topological polar surface area (TPSA) is 67.4 Å². The number of unbranched alkanes of at least 4 members (excludes halogenated alkanes) is 13. The van der Waals surface area contributed by atoms with E-state index in [2.05, 4.69) is 26.6 Å². The van der Waals surface area contributed by atoms with Gasteiger partial charge in [0, 0.05) is 23.1 Å². The number of ether oxygens (including phenoxy) is 1. The van der Waals surface area contributed by atoms with Crippen molar-refractivity contribution in [3.05, 3.63) is 29.8 Å². The predicted octanol–water partition coefficient (Wildman–Crippen LogP) is 7.25. The number of hydrogen-bond acceptors (Lipinski definition) is 4. The second-order valence-corrected chi connectivity index (χ2v) is 9.42. The van der Waals surface area contributed by atoms with E-state index < -0.39 is 5.97 Å². The van der Waals surface area contributed by atoms with Crippen molar-refractivity contribution in [3.63, 3.8) is 0 Å². The van der Waals surface area contributed by atoms with E-state index in [4.69, 9.17) is 4.74 Å². The summed E-state index contributed by atoms with van der Waals surface area (Å²) in [5.41, 5.74) is 1.55. The maximum absolute atomic E-state index is 12.0. The predicted molar refractivity (Wildman–Crippen MR) is 142 cm³/mol. The van der Waals surface area contributed by atoms with Crippen LogP contribution in [-0.4, -0.2) is 36.9 Å². The van der Waals surface area contributed by atoms with Gasteiger partial charge in [0.1, 0.15) is 6.54 Å². The fourth-order valence-electron chi connectivity index (χ4n) is 3.78. The van der Waals surface area contributed by atoms with E-state index >= 15 is 0 Å². The molecule has 2 N–H and O–H groups in total. The van der Waals surface area contributed by atoms with Crippen molar-refractivity contribution < 1.29 is 14.3 Å². The minimum atomic E-state index is -0.425. The molecule has 33 heavy (non-hydrogen) atoms. The molecule has 0 fully saturated rings. The van der Waals surface area contributed by atoms with Crippen LogP contribution < -0.4 is 10.6 Å². The summed E-state index contributed by atoms with van der Waals surface area (Å²) in [6.45, 7) is 2.89. The molecule has 0 saturated carbocycles. The van der Waals surface area contributed by atoms with Crippen LogP contribution in [0.1, 0.15) is 107 Å². The Morgan fingerprint density at radius 2 is 1.24 bits per heavy atom. The molecule has 0 aliphatic carbocycles. The van der Waals surface area contributed by atoms with E-state index in [1.807, 2.05) is 12.1 Å². The van der Waals surface area contributed by atoms with Gasteiger partial charge < -0.3 is 15.4 Å². The number of hydrogen-bond donors (Lipinski definition) is 2. The van der Waals surface area contributed by atoms with Crippen LogP contribution in [-0.2, 0) is 9.53 Å². The number of amides is 1. The summed E-state index contributed by atoms with van der Waals surface area (Å²) >= 11 is 3.49. The third-order valence-corrected chi connectivity index (χ3v) is 6.30. The number of carbonyl (C=O) groups excluding carboxylic acids is 2. The first-order valence-electron chi connectivity index (χ1n) is 13.0.